The van der Waals surface area contributed by atoms with Gasteiger partial charge in [-0.25, -0.2) is 12.7 Å². The molecule has 6 heteroatoms. The molecule has 0 heterocycles. The van der Waals surface area contributed by atoms with E-state index in [1.54, 1.807) is 14.2 Å². The van der Waals surface area contributed by atoms with E-state index in [1.165, 1.54) is 4.31 Å². The van der Waals surface area contributed by atoms with E-state index in [9.17, 15) is 8.42 Å². The number of methoxy groups -OCH3 is 1. The molecule has 0 bridgehead atoms. The summed E-state index contributed by atoms with van der Waals surface area (Å²) in [6.45, 7) is 1.83. The van der Waals surface area contributed by atoms with Crippen LogP contribution in [0.1, 0.15) is 17.5 Å². The zero-order valence-corrected chi connectivity index (χ0v) is 13.2. The van der Waals surface area contributed by atoms with Crippen molar-refractivity contribution < 1.29 is 13.2 Å². The summed E-state index contributed by atoms with van der Waals surface area (Å²) in [5, 5.41) is 3.06. The Morgan fingerprint density at radius 3 is 2.35 bits per heavy atom. The average molecular weight is 300 g/mol. The molecule has 0 atom stereocenters. The molecule has 1 N–H and O–H groups in total. The van der Waals surface area contributed by atoms with Crippen molar-refractivity contribution in [3.05, 3.63) is 35.4 Å². The second kappa shape index (κ2) is 8.36. The van der Waals surface area contributed by atoms with Gasteiger partial charge in [-0.05, 0) is 24.6 Å². The van der Waals surface area contributed by atoms with Crippen molar-refractivity contribution in [2.24, 2.45) is 0 Å². The molecule has 0 saturated heterocycles. The molecule has 1 aromatic carbocycles. The fourth-order valence-electron chi connectivity index (χ4n) is 1.85. The lowest BCUT2D eigenvalue weighted by Crippen LogP contribution is -2.29. The summed E-state index contributed by atoms with van der Waals surface area (Å²) >= 11 is 0. The number of hydrogen-bond acceptors (Lipinski definition) is 4. The van der Waals surface area contributed by atoms with Crippen LogP contribution in [0.3, 0.4) is 0 Å². The highest BCUT2D eigenvalue weighted by atomic mass is 32.2. The summed E-state index contributed by atoms with van der Waals surface area (Å²) in [6, 6.07) is 7.64. The van der Waals surface area contributed by atoms with Crippen LogP contribution < -0.4 is 5.32 Å². The van der Waals surface area contributed by atoms with Crippen molar-refractivity contribution in [2.45, 2.75) is 18.7 Å². The Bertz CT molecular complexity index is 486. The van der Waals surface area contributed by atoms with Gasteiger partial charge in [-0.2, -0.15) is 0 Å². The van der Waals surface area contributed by atoms with Crippen LogP contribution >= 0.6 is 0 Å². The summed E-state index contributed by atoms with van der Waals surface area (Å²) in [5.41, 5.74) is 1.95. The highest BCUT2D eigenvalue weighted by molar-refractivity contribution is 7.88. The maximum Gasteiger partial charge on any atom is 0.218 e. The van der Waals surface area contributed by atoms with Crippen molar-refractivity contribution in [3.63, 3.8) is 0 Å². The van der Waals surface area contributed by atoms with Crippen molar-refractivity contribution in [3.8, 4) is 0 Å². The molecule has 0 aliphatic rings. The zero-order chi connectivity index (χ0) is 15.0. The molecular formula is C14H24N2O3S. The number of hydrogen-bond donors (Lipinski definition) is 1. The van der Waals surface area contributed by atoms with Gasteiger partial charge in [-0.1, -0.05) is 24.3 Å². The SMILES string of the molecule is CNCc1ccc(CS(=O)(=O)N(C)CCCOC)cc1. The van der Waals surface area contributed by atoms with E-state index in [1.807, 2.05) is 31.3 Å². The normalized spacial score (nSPS) is 12.0. The first-order valence-corrected chi connectivity index (χ1v) is 8.26. The highest BCUT2D eigenvalue weighted by Gasteiger charge is 2.17. The van der Waals surface area contributed by atoms with Gasteiger partial charge in [0.1, 0.15) is 0 Å². The number of nitrogens with zero attached hydrogens (tertiary/aromatic N) is 1. The Morgan fingerprint density at radius 2 is 1.80 bits per heavy atom. The minimum atomic E-state index is -3.26. The standard InChI is InChI=1S/C14H24N2O3S/c1-15-11-13-5-7-14(8-6-13)12-20(17,18)16(2)9-4-10-19-3/h5-8,15H,4,9-12H2,1-3H3. The average Bonchev–Trinajstić information content (AvgIpc) is 2.41. The Balaban J connectivity index is 2.60. The number of ether oxygens (including phenoxy) is 1. The Morgan fingerprint density at radius 1 is 1.20 bits per heavy atom. The zero-order valence-electron chi connectivity index (χ0n) is 12.4. The van der Waals surface area contributed by atoms with Crippen LogP contribution in [0.15, 0.2) is 24.3 Å². The third kappa shape index (κ3) is 5.58. The van der Waals surface area contributed by atoms with Gasteiger partial charge in [0.05, 0.1) is 5.75 Å². The van der Waals surface area contributed by atoms with Gasteiger partial charge in [0.25, 0.3) is 0 Å². The Labute approximate surface area is 122 Å². The summed E-state index contributed by atoms with van der Waals surface area (Å²) in [5.74, 6) is 0.0380. The monoisotopic (exact) mass is 300 g/mol. The molecule has 1 aromatic rings. The molecule has 0 radical (unpaired) electrons. The summed E-state index contributed by atoms with van der Waals surface area (Å²) in [4.78, 5) is 0. The maximum atomic E-state index is 12.2. The molecule has 0 aromatic heterocycles. The molecule has 0 aliphatic heterocycles. The largest absolute Gasteiger partial charge is 0.385 e. The fraction of sp³-hybridized carbons (Fsp3) is 0.571. The Kier molecular flexibility index (Phi) is 7.15. The first-order valence-electron chi connectivity index (χ1n) is 6.65. The quantitative estimate of drug-likeness (QED) is 0.696. The van der Waals surface area contributed by atoms with Gasteiger partial charge in [0.15, 0.2) is 0 Å². The number of rotatable bonds is 9. The number of sulfonamides is 1. The molecular weight excluding hydrogens is 276 g/mol. The van der Waals surface area contributed by atoms with E-state index in [0.29, 0.717) is 19.6 Å². The molecule has 5 nitrogen and oxygen atoms in total. The van der Waals surface area contributed by atoms with Crippen LogP contribution in [0.5, 0.6) is 0 Å². The van der Waals surface area contributed by atoms with Gasteiger partial charge in [-0.15, -0.1) is 0 Å². The van der Waals surface area contributed by atoms with Crippen molar-refractivity contribution >= 4 is 10.0 Å². The van der Waals surface area contributed by atoms with E-state index < -0.39 is 10.0 Å². The van der Waals surface area contributed by atoms with Crippen molar-refractivity contribution in [2.75, 3.05) is 34.4 Å². The van der Waals surface area contributed by atoms with Gasteiger partial charge in [-0.3, -0.25) is 0 Å². The first kappa shape index (κ1) is 17.1. The first-order chi connectivity index (χ1) is 9.49. The minimum Gasteiger partial charge on any atom is -0.385 e. The van der Waals surface area contributed by atoms with Crippen LogP contribution in [-0.2, 0) is 27.1 Å². The van der Waals surface area contributed by atoms with Crippen LogP contribution in [-0.4, -0.2) is 47.1 Å². The molecule has 114 valence electrons. The lowest BCUT2D eigenvalue weighted by Gasteiger charge is -2.17. The fourth-order valence-corrected chi connectivity index (χ4v) is 3.09. The third-order valence-electron chi connectivity index (χ3n) is 3.05. The molecule has 0 fully saturated rings. The van der Waals surface area contributed by atoms with Crippen molar-refractivity contribution in [1.29, 1.82) is 0 Å². The second-order valence-electron chi connectivity index (χ2n) is 4.77. The Hall–Kier alpha value is -0.950. The highest BCUT2D eigenvalue weighted by Crippen LogP contribution is 2.11. The molecule has 20 heavy (non-hydrogen) atoms. The summed E-state index contributed by atoms with van der Waals surface area (Å²) in [7, 11) is 1.85. The maximum absolute atomic E-state index is 12.2. The molecule has 0 amide bonds. The van der Waals surface area contributed by atoms with E-state index in [4.69, 9.17) is 4.74 Å². The van der Waals surface area contributed by atoms with Crippen molar-refractivity contribution in [1.82, 2.24) is 9.62 Å². The van der Waals surface area contributed by atoms with Gasteiger partial charge in [0, 0.05) is 33.9 Å². The minimum absolute atomic E-state index is 0.0380. The number of nitrogens with one attached hydrogen (secondary N) is 1. The predicted molar refractivity (Wildman–Crippen MR) is 81.0 cm³/mol. The van der Waals surface area contributed by atoms with Crippen LogP contribution in [0, 0.1) is 0 Å². The van der Waals surface area contributed by atoms with Gasteiger partial charge >= 0.3 is 0 Å². The smallest absolute Gasteiger partial charge is 0.218 e. The van der Waals surface area contributed by atoms with Crippen LogP contribution in [0.2, 0.25) is 0 Å². The second-order valence-corrected chi connectivity index (χ2v) is 6.85. The predicted octanol–water partition coefficient (Wildman–Crippen LogP) is 1.20. The number of benzene rings is 1. The summed E-state index contributed by atoms with van der Waals surface area (Å²) in [6.07, 6.45) is 0.702. The summed E-state index contributed by atoms with van der Waals surface area (Å²) < 4.78 is 30.7. The van der Waals surface area contributed by atoms with Crippen LogP contribution in [0.4, 0.5) is 0 Å². The third-order valence-corrected chi connectivity index (χ3v) is 4.88. The molecule has 0 aliphatic carbocycles. The van der Waals surface area contributed by atoms with Crippen LogP contribution in [0.25, 0.3) is 0 Å². The van der Waals surface area contributed by atoms with Gasteiger partial charge in [0.2, 0.25) is 10.0 Å². The molecule has 1 rings (SSSR count). The molecule has 0 spiro atoms. The lowest BCUT2D eigenvalue weighted by atomic mass is 10.1. The lowest BCUT2D eigenvalue weighted by molar-refractivity contribution is 0.189. The topological polar surface area (TPSA) is 58.6 Å². The molecule has 0 unspecified atom stereocenters. The van der Waals surface area contributed by atoms with E-state index >= 15 is 0 Å². The molecule has 0 saturated carbocycles. The van der Waals surface area contributed by atoms with E-state index in [0.717, 1.165) is 17.7 Å². The van der Waals surface area contributed by atoms with E-state index in [2.05, 4.69) is 5.32 Å². The van der Waals surface area contributed by atoms with E-state index in [-0.39, 0.29) is 5.75 Å². The van der Waals surface area contributed by atoms with Gasteiger partial charge < -0.3 is 10.1 Å².